The van der Waals surface area contributed by atoms with Crippen LogP contribution in [0.5, 0.6) is 0 Å². The molecule has 158 valence electrons. The maximum atomic E-state index is 12.8. The van der Waals surface area contributed by atoms with E-state index in [1.807, 2.05) is 40.8 Å². The summed E-state index contributed by atoms with van der Waals surface area (Å²) in [6.45, 7) is 1.22. The van der Waals surface area contributed by atoms with Crippen molar-refractivity contribution in [3.05, 3.63) is 41.4 Å². The van der Waals surface area contributed by atoms with Crippen molar-refractivity contribution < 1.29 is 9.00 Å². The largest absolute Gasteiger partial charge is 0.361 e. The average molecular weight is 425 g/mol. The SMILES string of the molecule is O=C1NC(C2CCCCC2)=NC12CCN(S(=O)/C=C/c1cccc3[nH]ccc13)CC2. The monoisotopic (exact) mass is 424 g/mol. The minimum Gasteiger partial charge on any atom is -0.361 e. The molecule has 0 radical (unpaired) electrons. The van der Waals surface area contributed by atoms with Crippen molar-refractivity contribution in [2.75, 3.05) is 13.1 Å². The van der Waals surface area contributed by atoms with E-state index in [4.69, 9.17) is 4.99 Å². The van der Waals surface area contributed by atoms with Gasteiger partial charge in [0.2, 0.25) is 0 Å². The maximum absolute atomic E-state index is 12.8. The highest BCUT2D eigenvalue weighted by molar-refractivity contribution is 7.85. The van der Waals surface area contributed by atoms with Crippen LogP contribution < -0.4 is 5.32 Å². The van der Waals surface area contributed by atoms with Crippen LogP contribution in [0, 0.1) is 5.92 Å². The predicted molar refractivity (Wildman–Crippen MR) is 121 cm³/mol. The molecule has 1 aromatic carbocycles. The first-order chi connectivity index (χ1) is 14.6. The van der Waals surface area contributed by atoms with Crippen molar-refractivity contribution in [2.24, 2.45) is 10.9 Å². The maximum Gasteiger partial charge on any atom is 0.253 e. The molecule has 1 aliphatic carbocycles. The predicted octanol–water partition coefficient (Wildman–Crippen LogP) is 3.75. The smallest absolute Gasteiger partial charge is 0.253 e. The van der Waals surface area contributed by atoms with Crippen molar-refractivity contribution in [1.29, 1.82) is 0 Å². The molecule has 2 N–H and O–H groups in total. The summed E-state index contributed by atoms with van der Waals surface area (Å²) in [6.07, 6.45) is 11.1. The summed E-state index contributed by atoms with van der Waals surface area (Å²) in [5, 5.41) is 5.97. The Hall–Kier alpha value is -2.25. The summed E-state index contributed by atoms with van der Waals surface area (Å²) < 4.78 is 14.8. The number of carbonyl (C=O) groups is 1. The van der Waals surface area contributed by atoms with Gasteiger partial charge in [0.05, 0.1) is 0 Å². The van der Waals surface area contributed by atoms with E-state index >= 15 is 0 Å². The number of amides is 1. The number of carbonyl (C=O) groups excluding carboxylic acids is 1. The van der Waals surface area contributed by atoms with Crippen molar-refractivity contribution in [3.63, 3.8) is 0 Å². The number of H-pyrrole nitrogens is 1. The van der Waals surface area contributed by atoms with E-state index in [9.17, 15) is 9.00 Å². The Balaban J connectivity index is 1.24. The Morgan fingerprint density at radius 1 is 1.13 bits per heavy atom. The van der Waals surface area contributed by atoms with Crippen molar-refractivity contribution >= 4 is 39.7 Å². The number of aromatic amines is 1. The van der Waals surface area contributed by atoms with E-state index in [0.29, 0.717) is 31.8 Å². The molecule has 1 atom stereocenters. The van der Waals surface area contributed by atoms with Gasteiger partial charge in [-0.1, -0.05) is 31.4 Å². The molecule has 7 heteroatoms. The van der Waals surface area contributed by atoms with Gasteiger partial charge in [0.25, 0.3) is 5.91 Å². The first kappa shape index (κ1) is 19.7. The fraction of sp³-hybridized carbons (Fsp3) is 0.478. The number of benzene rings is 1. The van der Waals surface area contributed by atoms with E-state index < -0.39 is 16.5 Å². The highest BCUT2D eigenvalue weighted by Gasteiger charge is 2.47. The summed E-state index contributed by atoms with van der Waals surface area (Å²) in [5.74, 6) is 1.37. The van der Waals surface area contributed by atoms with Gasteiger partial charge < -0.3 is 10.3 Å². The quantitative estimate of drug-likeness (QED) is 0.784. The van der Waals surface area contributed by atoms with Gasteiger partial charge in [-0.05, 0) is 49.5 Å². The van der Waals surface area contributed by atoms with Gasteiger partial charge in [0.15, 0.2) is 0 Å². The summed E-state index contributed by atoms with van der Waals surface area (Å²) in [7, 11) is -1.22. The summed E-state index contributed by atoms with van der Waals surface area (Å²) in [5.41, 5.74) is 1.47. The molecule has 2 aliphatic heterocycles. The Kier molecular flexibility index (Phi) is 5.33. The minimum absolute atomic E-state index is 0.0446. The number of nitrogens with zero attached hydrogens (tertiary/aromatic N) is 2. The van der Waals surface area contributed by atoms with E-state index in [0.717, 1.165) is 35.1 Å². The van der Waals surface area contributed by atoms with Gasteiger partial charge in [0.1, 0.15) is 22.4 Å². The molecule has 3 aliphatic rings. The Labute approximate surface area is 179 Å². The van der Waals surface area contributed by atoms with E-state index in [-0.39, 0.29) is 5.91 Å². The lowest BCUT2D eigenvalue weighted by Gasteiger charge is -2.33. The Morgan fingerprint density at radius 2 is 1.93 bits per heavy atom. The van der Waals surface area contributed by atoms with Crippen LogP contribution in [0.4, 0.5) is 0 Å². The minimum atomic E-state index is -1.22. The zero-order chi connectivity index (χ0) is 20.6. The Morgan fingerprint density at radius 3 is 2.73 bits per heavy atom. The zero-order valence-electron chi connectivity index (χ0n) is 17.1. The molecule has 1 spiro atoms. The molecule has 1 amide bonds. The summed E-state index contributed by atoms with van der Waals surface area (Å²) in [4.78, 5) is 20.9. The molecule has 30 heavy (non-hydrogen) atoms. The number of hydrogen-bond acceptors (Lipinski definition) is 3. The van der Waals surface area contributed by atoms with E-state index in [1.165, 1.54) is 19.3 Å². The molecule has 1 saturated heterocycles. The first-order valence-corrected chi connectivity index (χ1v) is 12.1. The van der Waals surface area contributed by atoms with Gasteiger partial charge in [-0.2, -0.15) is 0 Å². The molecule has 3 heterocycles. The standard InChI is InChI=1S/C23H28N4O2S/c28-22-23(26-21(25-22)18-5-2-1-3-6-18)11-14-27(15-12-23)30(29)16-10-17-7-4-8-20-19(17)9-13-24-20/h4,7-10,13,16,18,24H,1-3,5-6,11-12,14-15H2,(H,25,26,28)/b16-10+. The fourth-order valence-corrected chi connectivity index (χ4v) is 5.94. The van der Waals surface area contributed by atoms with Gasteiger partial charge in [-0.25, -0.2) is 8.51 Å². The summed E-state index contributed by atoms with van der Waals surface area (Å²) >= 11 is 0. The third-order valence-electron chi connectivity index (χ3n) is 6.79. The number of aliphatic imine (C=N–C) groups is 1. The second kappa shape index (κ2) is 8.12. The molecule has 2 fully saturated rings. The molecule has 6 nitrogen and oxygen atoms in total. The molecule has 1 aromatic heterocycles. The first-order valence-electron chi connectivity index (χ1n) is 11.0. The number of rotatable bonds is 4. The second-order valence-electron chi connectivity index (χ2n) is 8.61. The highest BCUT2D eigenvalue weighted by atomic mass is 32.2. The third-order valence-corrected chi connectivity index (χ3v) is 8.03. The lowest BCUT2D eigenvalue weighted by Crippen LogP contribution is -2.49. The number of hydrogen-bond donors (Lipinski definition) is 2. The summed E-state index contributed by atoms with van der Waals surface area (Å²) in [6, 6.07) is 8.08. The van der Waals surface area contributed by atoms with Crippen LogP contribution in [0.2, 0.25) is 0 Å². The van der Waals surface area contributed by atoms with Crippen LogP contribution >= 0.6 is 0 Å². The van der Waals surface area contributed by atoms with Gasteiger partial charge in [-0.3, -0.25) is 9.79 Å². The molecule has 1 unspecified atom stereocenters. The number of nitrogens with one attached hydrogen (secondary N) is 2. The van der Waals surface area contributed by atoms with Crippen LogP contribution in [0.1, 0.15) is 50.5 Å². The van der Waals surface area contributed by atoms with Gasteiger partial charge in [-0.15, -0.1) is 0 Å². The number of aromatic nitrogens is 1. The molecular weight excluding hydrogens is 396 g/mol. The van der Waals surface area contributed by atoms with E-state index in [2.05, 4.69) is 10.3 Å². The molecule has 0 bridgehead atoms. The third kappa shape index (κ3) is 3.65. The van der Waals surface area contributed by atoms with Gasteiger partial charge >= 0.3 is 0 Å². The van der Waals surface area contributed by atoms with E-state index in [1.54, 1.807) is 5.41 Å². The molecule has 1 saturated carbocycles. The average Bonchev–Trinajstić information content (AvgIpc) is 3.39. The van der Waals surface area contributed by atoms with Crippen LogP contribution in [0.25, 0.3) is 17.0 Å². The molecule has 2 aromatic rings. The number of fused-ring (bicyclic) bond motifs is 1. The number of piperidine rings is 1. The van der Waals surface area contributed by atoms with Crippen LogP contribution in [0.15, 0.2) is 40.9 Å². The van der Waals surface area contributed by atoms with Crippen molar-refractivity contribution in [1.82, 2.24) is 14.6 Å². The van der Waals surface area contributed by atoms with Crippen molar-refractivity contribution in [3.8, 4) is 0 Å². The number of amidine groups is 1. The van der Waals surface area contributed by atoms with Crippen LogP contribution in [-0.4, -0.2) is 43.9 Å². The normalized spacial score (nSPS) is 23.9. The molecular formula is C23H28N4O2S. The van der Waals surface area contributed by atoms with Gasteiger partial charge in [0, 0.05) is 41.5 Å². The lowest BCUT2D eigenvalue weighted by atomic mass is 9.88. The topological polar surface area (TPSA) is 77.6 Å². The van der Waals surface area contributed by atoms with Crippen LogP contribution in [-0.2, 0) is 15.8 Å². The fourth-order valence-electron chi connectivity index (χ4n) is 4.96. The Bertz CT molecular complexity index is 1030. The van der Waals surface area contributed by atoms with Crippen LogP contribution in [0.3, 0.4) is 0 Å². The second-order valence-corrected chi connectivity index (χ2v) is 9.95. The lowest BCUT2D eigenvalue weighted by molar-refractivity contribution is -0.124. The molecule has 5 rings (SSSR count). The highest BCUT2D eigenvalue weighted by Crippen LogP contribution is 2.34. The van der Waals surface area contributed by atoms with Crippen molar-refractivity contribution in [2.45, 2.75) is 50.5 Å². The zero-order valence-corrected chi connectivity index (χ0v) is 17.9.